The Morgan fingerprint density at radius 3 is 2.45 bits per heavy atom. The Balaban J connectivity index is 1.72. The Hall–Kier alpha value is -3.41. The Morgan fingerprint density at radius 1 is 1.21 bits per heavy atom. The lowest BCUT2D eigenvalue weighted by molar-refractivity contribution is -0.137. The summed E-state index contributed by atoms with van der Waals surface area (Å²) in [6.45, 7) is 8.49. The van der Waals surface area contributed by atoms with Gasteiger partial charge in [-0.2, -0.15) is 23.1 Å². The SMILES string of the molecule is CC(C)(O)C1CCN(c2nc(NC3CC(=O)NC3(C)C)nc(Nc3cccc(C(F)(F)F)c3)c2C=N)CC1. The number of carbonyl (C=O) groups excluding carboxylic acids is 1. The molecule has 9 nitrogen and oxygen atoms in total. The normalized spacial score (nSPS) is 20.3. The number of carbonyl (C=O) groups is 1. The van der Waals surface area contributed by atoms with Gasteiger partial charge in [-0.15, -0.1) is 0 Å². The molecule has 0 aliphatic carbocycles. The van der Waals surface area contributed by atoms with E-state index in [1.165, 1.54) is 12.1 Å². The number of rotatable bonds is 7. The van der Waals surface area contributed by atoms with E-state index in [0.717, 1.165) is 18.3 Å². The first-order chi connectivity index (χ1) is 17.7. The molecule has 0 saturated carbocycles. The number of nitrogens with one attached hydrogen (secondary N) is 4. The molecule has 1 atom stereocenters. The second kappa shape index (κ2) is 10.0. The summed E-state index contributed by atoms with van der Waals surface area (Å²) in [4.78, 5) is 23.3. The number of aromatic nitrogens is 2. The van der Waals surface area contributed by atoms with E-state index >= 15 is 0 Å². The van der Waals surface area contributed by atoms with E-state index in [-0.39, 0.29) is 41.7 Å². The summed E-state index contributed by atoms with van der Waals surface area (Å²) in [5, 5.41) is 27.6. The Labute approximate surface area is 219 Å². The van der Waals surface area contributed by atoms with Crippen LogP contribution in [0.15, 0.2) is 24.3 Å². The highest BCUT2D eigenvalue weighted by Gasteiger charge is 2.40. The van der Waals surface area contributed by atoms with Crippen molar-refractivity contribution in [2.24, 2.45) is 5.92 Å². The van der Waals surface area contributed by atoms with Gasteiger partial charge in [-0.05, 0) is 64.7 Å². The van der Waals surface area contributed by atoms with Crippen LogP contribution < -0.4 is 20.9 Å². The highest BCUT2D eigenvalue weighted by atomic mass is 19.4. The third kappa shape index (κ3) is 6.01. The summed E-state index contributed by atoms with van der Waals surface area (Å²) in [7, 11) is 0. The number of hydrogen-bond donors (Lipinski definition) is 5. The van der Waals surface area contributed by atoms with Crippen molar-refractivity contribution < 1.29 is 23.1 Å². The van der Waals surface area contributed by atoms with Crippen LogP contribution in [0.1, 0.15) is 58.1 Å². The van der Waals surface area contributed by atoms with E-state index < -0.39 is 22.9 Å². The molecule has 2 saturated heterocycles. The second-order valence-corrected chi connectivity index (χ2v) is 11.1. The smallest absolute Gasteiger partial charge is 0.390 e. The van der Waals surface area contributed by atoms with Crippen molar-refractivity contribution >= 4 is 35.4 Å². The Kier molecular flexibility index (Phi) is 7.30. The molecule has 1 amide bonds. The first-order valence-electron chi connectivity index (χ1n) is 12.6. The maximum Gasteiger partial charge on any atom is 0.416 e. The Morgan fingerprint density at radius 2 is 1.89 bits per heavy atom. The summed E-state index contributed by atoms with van der Waals surface area (Å²) < 4.78 is 39.9. The first kappa shape index (κ1) is 27.6. The van der Waals surface area contributed by atoms with Gasteiger partial charge in [-0.3, -0.25) is 4.79 Å². The molecule has 2 aliphatic rings. The zero-order valence-corrected chi connectivity index (χ0v) is 21.9. The number of anilines is 4. The standard InChI is InChI=1S/C26H34F3N7O2/c1-24(2)19(13-20(37)35-24)32-23-33-21(31-17-7-5-6-16(12-17)26(27,28)29)18(14-30)22(34-23)36-10-8-15(9-11-36)25(3,4)38/h5-7,12,14-15,19,30,38H,8-11,13H2,1-4H3,(H,35,37)(H2,31,32,33,34). The van der Waals surface area contributed by atoms with Gasteiger partial charge < -0.3 is 31.4 Å². The number of piperidine rings is 1. The van der Waals surface area contributed by atoms with Crippen molar-refractivity contribution in [3.05, 3.63) is 35.4 Å². The summed E-state index contributed by atoms with van der Waals surface area (Å²) in [6.07, 6.45) is -1.80. The van der Waals surface area contributed by atoms with Crippen LogP contribution >= 0.6 is 0 Å². The van der Waals surface area contributed by atoms with Crippen molar-refractivity contribution in [3.63, 3.8) is 0 Å². The fourth-order valence-electron chi connectivity index (χ4n) is 5.02. The van der Waals surface area contributed by atoms with Crippen molar-refractivity contribution in [3.8, 4) is 0 Å². The predicted octanol–water partition coefficient (Wildman–Crippen LogP) is 4.30. The number of amides is 1. The van der Waals surface area contributed by atoms with Crippen LogP contribution in [0.3, 0.4) is 0 Å². The fraction of sp³-hybridized carbons (Fsp3) is 0.538. The summed E-state index contributed by atoms with van der Waals surface area (Å²) in [5.74, 6) is 0.808. The van der Waals surface area contributed by atoms with Crippen molar-refractivity contribution in [1.29, 1.82) is 5.41 Å². The van der Waals surface area contributed by atoms with Crippen LogP contribution in [-0.4, -0.2) is 57.5 Å². The summed E-state index contributed by atoms with van der Waals surface area (Å²) >= 11 is 0. The van der Waals surface area contributed by atoms with E-state index in [2.05, 4.69) is 20.9 Å². The molecule has 0 bridgehead atoms. The summed E-state index contributed by atoms with van der Waals surface area (Å²) in [5.41, 5.74) is -1.71. The molecule has 2 fully saturated rings. The molecule has 2 aliphatic heterocycles. The van der Waals surface area contributed by atoms with Gasteiger partial charge in [0.15, 0.2) is 0 Å². The van der Waals surface area contributed by atoms with E-state index in [0.29, 0.717) is 37.3 Å². The highest BCUT2D eigenvalue weighted by Crippen LogP contribution is 2.35. The minimum Gasteiger partial charge on any atom is -0.390 e. The van der Waals surface area contributed by atoms with Crippen molar-refractivity contribution in [1.82, 2.24) is 15.3 Å². The Bertz CT molecular complexity index is 1200. The zero-order valence-electron chi connectivity index (χ0n) is 21.9. The highest BCUT2D eigenvalue weighted by molar-refractivity contribution is 5.93. The molecule has 3 heterocycles. The largest absolute Gasteiger partial charge is 0.416 e. The second-order valence-electron chi connectivity index (χ2n) is 11.1. The molecule has 12 heteroatoms. The van der Waals surface area contributed by atoms with Gasteiger partial charge in [0, 0.05) is 31.4 Å². The molecule has 1 unspecified atom stereocenters. The molecule has 206 valence electrons. The summed E-state index contributed by atoms with van der Waals surface area (Å²) in [6, 6.07) is 4.45. The molecular formula is C26H34F3N7O2. The minimum atomic E-state index is -4.51. The molecule has 4 rings (SSSR count). The van der Waals surface area contributed by atoms with Crippen molar-refractivity contribution in [2.75, 3.05) is 28.6 Å². The number of benzene rings is 1. The van der Waals surface area contributed by atoms with Crippen LogP contribution in [0, 0.1) is 11.3 Å². The molecule has 0 spiro atoms. The fourth-order valence-corrected chi connectivity index (χ4v) is 5.02. The average Bonchev–Trinajstić information content (AvgIpc) is 3.08. The van der Waals surface area contributed by atoms with E-state index in [1.54, 1.807) is 13.8 Å². The molecule has 1 aromatic carbocycles. The monoisotopic (exact) mass is 533 g/mol. The molecular weight excluding hydrogens is 499 g/mol. The number of hydrogen-bond acceptors (Lipinski definition) is 8. The van der Waals surface area contributed by atoms with Crippen LogP contribution in [0.2, 0.25) is 0 Å². The molecule has 38 heavy (non-hydrogen) atoms. The van der Waals surface area contributed by atoms with Gasteiger partial charge in [0.05, 0.1) is 28.3 Å². The maximum absolute atomic E-state index is 13.3. The van der Waals surface area contributed by atoms with E-state index in [1.807, 2.05) is 18.7 Å². The van der Waals surface area contributed by atoms with Gasteiger partial charge >= 0.3 is 6.18 Å². The maximum atomic E-state index is 13.3. The van der Waals surface area contributed by atoms with E-state index in [9.17, 15) is 23.1 Å². The molecule has 1 aromatic heterocycles. The molecule has 5 N–H and O–H groups in total. The third-order valence-corrected chi connectivity index (χ3v) is 7.34. The number of halogens is 3. The third-order valence-electron chi connectivity index (χ3n) is 7.34. The number of aliphatic hydroxyl groups is 1. The van der Waals surface area contributed by atoms with Gasteiger partial charge in [0.2, 0.25) is 11.9 Å². The van der Waals surface area contributed by atoms with Gasteiger partial charge in [0.1, 0.15) is 11.6 Å². The van der Waals surface area contributed by atoms with Crippen LogP contribution in [0.25, 0.3) is 0 Å². The average molecular weight is 534 g/mol. The predicted molar refractivity (Wildman–Crippen MR) is 140 cm³/mol. The number of alkyl halides is 3. The minimum absolute atomic E-state index is 0.0979. The number of nitrogens with zero attached hydrogens (tertiary/aromatic N) is 3. The van der Waals surface area contributed by atoms with Gasteiger partial charge in [-0.1, -0.05) is 6.07 Å². The first-order valence-corrected chi connectivity index (χ1v) is 12.6. The van der Waals surface area contributed by atoms with Crippen molar-refractivity contribution in [2.45, 2.75) is 70.3 Å². The van der Waals surface area contributed by atoms with Gasteiger partial charge in [-0.25, -0.2) is 0 Å². The topological polar surface area (TPSA) is 126 Å². The van der Waals surface area contributed by atoms with Crippen LogP contribution in [-0.2, 0) is 11.0 Å². The van der Waals surface area contributed by atoms with Gasteiger partial charge in [0.25, 0.3) is 0 Å². The van der Waals surface area contributed by atoms with Crippen LogP contribution in [0.4, 0.5) is 36.4 Å². The lowest BCUT2D eigenvalue weighted by Gasteiger charge is -2.39. The lowest BCUT2D eigenvalue weighted by Crippen LogP contribution is -2.46. The molecule has 0 radical (unpaired) electrons. The quantitative estimate of drug-likeness (QED) is 0.336. The van der Waals surface area contributed by atoms with E-state index in [4.69, 9.17) is 10.4 Å². The lowest BCUT2D eigenvalue weighted by atomic mass is 9.83. The van der Waals surface area contributed by atoms with Crippen LogP contribution in [0.5, 0.6) is 0 Å². The molecule has 2 aromatic rings. The zero-order chi connectivity index (χ0) is 27.9.